The second kappa shape index (κ2) is 7.77. The normalized spacial score (nSPS) is 21.9. The van der Waals surface area contributed by atoms with E-state index >= 15 is 0 Å². The molecule has 0 bridgehead atoms. The van der Waals surface area contributed by atoms with Crippen LogP contribution in [0.3, 0.4) is 0 Å². The van der Waals surface area contributed by atoms with E-state index in [1.54, 1.807) is 0 Å². The maximum absolute atomic E-state index is 5.59. The molecule has 0 aliphatic carbocycles. The standard InChI is InChI=1S/C17H28N2O/c1-4-14-6-8-15(9-7-14)17(18-3)12-19-10-11-20-13-16(19)5-2/h6-9,16-18H,4-5,10-13H2,1-3H3. The Balaban J connectivity index is 2.03. The van der Waals surface area contributed by atoms with E-state index in [1.807, 2.05) is 0 Å². The third-order valence-corrected chi connectivity index (χ3v) is 4.38. The molecule has 3 heteroatoms. The molecular weight excluding hydrogens is 248 g/mol. The highest BCUT2D eigenvalue weighted by atomic mass is 16.5. The van der Waals surface area contributed by atoms with Gasteiger partial charge in [-0.1, -0.05) is 38.1 Å². The number of hydrogen-bond donors (Lipinski definition) is 1. The van der Waals surface area contributed by atoms with E-state index < -0.39 is 0 Å². The Morgan fingerprint density at radius 3 is 2.65 bits per heavy atom. The van der Waals surface area contributed by atoms with Crippen LogP contribution in [0.15, 0.2) is 24.3 Å². The molecular formula is C17H28N2O. The molecule has 1 aromatic carbocycles. The van der Waals surface area contributed by atoms with Gasteiger partial charge in [-0.2, -0.15) is 0 Å². The van der Waals surface area contributed by atoms with Gasteiger partial charge >= 0.3 is 0 Å². The lowest BCUT2D eigenvalue weighted by Crippen LogP contribution is -2.48. The van der Waals surface area contributed by atoms with Gasteiger partial charge in [-0.15, -0.1) is 0 Å². The number of ether oxygens (including phenoxy) is 1. The topological polar surface area (TPSA) is 24.5 Å². The Morgan fingerprint density at radius 1 is 1.30 bits per heavy atom. The molecule has 1 fully saturated rings. The molecule has 1 heterocycles. The lowest BCUT2D eigenvalue weighted by molar-refractivity contribution is -0.0124. The molecule has 0 spiro atoms. The summed E-state index contributed by atoms with van der Waals surface area (Å²) in [7, 11) is 2.06. The zero-order valence-corrected chi connectivity index (χ0v) is 13.1. The number of nitrogens with zero attached hydrogens (tertiary/aromatic N) is 1. The van der Waals surface area contributed by atoms with Crippen molar-refractivity contribution >= 4 is 0 Å². The van der Waals surface area contributed by atoms with Crippen molar-refractivity contribution in [3.63, 3.8) is 0 Å². The Hall–Kier alpha value is -0.900. The average Bonchev–Trinajstić information content (AvgIpc) is 2.53. The van der Waals surface area contributed by atoms with Crippen LogP contribution in [0.4, 0.5) is 0 Å². The van der Waals surface area contributed by atoms with Crippen molar-refractivity contribution in [2.45, 2.75) is 38.8 Å². The van der Waals surface area contributed by atoms with E-state index in [1.165, 1.54) is 11.1 Å². The van der Waals surface area contributed by atoms with E-state index in [0.29, 0.717) is 12.1 Å². The number of hydrogen-bond acceptors (Lipinski definition) is 3. The van der Waals surface area contributed by atoms with Crippen LogP contribution < -0.4 is 5.32 Å². The molecule has 0 aromatic heterocycles. The molecule has 1 aliphatic rings. The van der Waals surface area contributed by atoms with Crippen molar-refractivity contribution in [3.05, 3.63) is 35.4 Å². The minimum atomic E-state index is 0.396. The number of aryl methyl sites for hydroxylation is 1. The van der Waals surface area contributed by atoms with Gasteiger partial charge in [0.25, 0.3) is 0 Å². The van der Waals surface area contributed by atoms with Gasteiger partial charge in [-0.05, 0) is 31.0 Å². The highest BCUT2D eigenvalue weighted by molar-refractivity contribution is 5.25. The number of nitrogens with one attached hydrogen (secondary N) is 1. The SMILES string of the molecule is CCc1ccc(C(CN2CCOCC2CC)NC)cc1. The lowest BCUT2D eigenvalue weighted by atomic mass is 10.0. The number of morpholine rings is 1. The van der Waals surface area contributed by atoms with Gasteiger partial charge in [-0.25, -0.2) is 0 Å². The van der Waals surface area contributed by atoms with Gasteiger partial charge in [0, 0.05) is 25.2 Å². The quantitative estimate of drug-likeness (QED) is 0.864. The predicted molar refractivity (Wildman–Crippen MR) is 84.1 cm³/mol. The van der Waals surface area contributed by atoms with Crippen LogP contribution in [0, 0.1) is 0 Å². The largest absolute Gasteiger partial charge is 0.378 e. The van der Waals surface area contributed by atoms with Gasteiger partial charge in [0.2, 0.25) is 0 Å². The molecule has 20 heavy (non-hydrogen) atoms. The second-order valence-corrected chi connectivity index (χ2v) is 5.57. The summed E-state index contributed by atoms with van der Waals surface area (Å²) < 4.78 is 5.59. The zero-order valence-electron chi connectivity index (χ0n) is 13.1. The van der Waals surface area contributed by atoms with Gasteiger partial charge < -0.3 is 10.1 Å². The highest BCUT2D eigenvalue weighted by Crippen LogP contribution is 2.19. The van der Waals surface area contributed by atoms with Crippen LogP contribution in [0.1, 0.15) is 37.4 Å². The molecule has 0 amide bonds. The zero-order chi connectivity index (χ0) is 14.4. The van der Waals surface area contributed by atoms with E-state index in [-0.39, 0.29) is 0 Å². The van der Waals surface area contributed by atoms with Crippen molar-refractivity contribution in [2.24, 2.45) is 0 Å². The summed E-state index contributed by atoms with van der Waals surface area (Å²) in [6, 6.07) is 9.98. The van der Waals surface area contributed by atoms with E-state index in [4.69, 9.17) is 4.74 Å². The summed E-state index contributed by atoms with van der Waals surface area (Å²) >= 11 is 0. The first-order valence-corrected chi connectivity index (χ1v) is 7.86. The van der Waals surface area contributed by atoms with Gasteiger partial charge in [-0.3, -0.25) is 4.90 Å². The van der Waals surface area contributed by atoms with Crippen molar-refractivity contribution in [2.75, 3.05) is 33.4 Å². The van der Waals surface area contributed by atoms with E-state index in [0.717, 1.165) is 39.1 Å². The second-order valence-electron chi connectivity index (χ2n) is 5.57. The van der Waals surface area contributed by atoms with Crippen molar-refractivity contribution in [1.82, 2.24) is 10.2 Å². The number of likely N-dealkylation sites (N-methyl/N-ethyl adjacent to an activating group) is 1. The Morgan fingerprint density at radius 2 is 2.05 bits per heavy atom. The van der Waals surface area contributed by atoms with Crippen molar-refractivity contribution < 1.29 is 4.74 Å². The monoisotopic (exact) mass is 276 g/mol. The molecule has 0 radical (unpaired) electrons. The third kappa shape index (κ3) is 3.81. The molecule has 112 valence electrons. The summed E-state index contributed by atoms with van der Waals surface area (Å²) in [5, 5.41) is 3.47. The summed E-state index contributed by atoms with van der Waals surface area (Å²) in [6.07, 6.45) is 2.26. The fraction of sp³-hybridized carbons (Fsp3) is 0.647. The smallest absolute Gasteiger partial charge is 0.0622 e. The van der Waals surface area contributed by atoms with Crippen LogP contribution >= 0.6 is 0 Å². The van der Waals surface area contributed by atoms with Crippen LogP contribution in [-0.4, -0.2) is 44.3 Å². The first-order valence-electron chi connectivity index (χ1n) is 7.86. The first kappa shape index (κ1) is 15.5. The Kier molecular flexibility index (Phi) is 6.02. The van der Waals surface area contributed by atoms with Crippen molar-refractivity contribution in [1.29, 1.82) is 0 Å². The molecule has 1 aliphatic heterocycles. The Bertz CT molecular complexity index is 390. The van der Waals surface area contributed by atoms with Crippen molar-refractivity contribution in [3.8, 4) is 0 Å². The number of benzene rings is 1. The molecule has 1 aromatic rings. The Labute approximate surface area is 123 Å². The van der Waals surface area contributed by atoms with Gasteiger partial charge in [0.05, 0.1) is 13.2 Å². The average molecular weight is 276 g/mol. The summed E-state index contributed by atoms with van der Waals surface area (Å²) in [5.41, 5.74) is 2.78. The molecule has 0 saturated carbocycles. The maximum Gasteiger partial charge on any atom is 0.0622 e. The van der Waals surface area contributed by atoms with Crippen LogP contribution in [0.2, 0.25) is 0 Å². The molecule has 2 unspecified atom stereocenters. The molecule has 1 N–H and O–H groups in total. The third-order valence-electron chi connectivity index (χ3n) is 4.38. The van der Waals surface area contributed by atoms with E-state index in [9.17, 15) is 0 Å². The van der Waals surface area contributed by atoms with Crippen LogP contribution in [0.5, 0.6) is 0 Å². The molecule has 2 rings (SSSR count). The number of rotatable bonds is 6. The summed E-state index contributed by atoms with van der Waals surface area (Å²) in [4.78, 5) is 2.57. The first-order chi connectivity index (χ1) is 9.78. The summed E-state index contributed by atoms with van der Waals surface area (Å²) in [6.45, 7) is 8.29. The van der Waals surface area contributed by atoms with Crippen LogP contribution in [0.25, 0.3) is 0 Å². The fourth-order valence-corrected chi connectivity index (χ4v) is 2.89. The molecule has 2 atom stereocenters. The van der Waals surface area contributed by atoms with E-state index in [2.05, 4.69) is 55.4 Å². The predicted octanol–water partition coefficient (Wildman–Crippen LogP) is 2.62. The fourth-order valence-electron chi connectivity index (χ4n) is 2.89. The van der Waals surface area contributed by atoms with Gasteiger partial charge in [0.1, 0.15) is 0 Å². The minimum Gasteiger partial charge on any atom is -0.378 e. The maximum atomic E-state index is 5.59. The highest BCUT2D eigenvalue weighted by Gasteiger charge is 2.24. The molecule has 1 saturated heterocycles. The van der Waals surface area contributed by atoms with Gasteiger partial charge in [0.15, 0.2) is 0 Å². The summed E-state index contributed by atoms with van der Waals surface area (Å²) in [5.74, 6) is 0. The van der Waals surface area contributed by atoms with Crippen LogP contribution in [-0.2, 0) is 11.2 Å². The lowest BCUT2D eigenvalue weighted by Gasteiger charge is -2.37. The minimum absolute atomic E-state index is 0.396. The molecule has 3 nitrogen and oxygen atoms in total.